The third-order valence-electron chi connectivity index (χ3n) is 3.86. The summed E-state index contributed by atoms with van der Waals surface area (Å²) in [5.41, 5.74) is 8.48. The number of hydrogen-bond donors (Lipinski definition) is 1. The summed E-state index contributed by atoms with van der Waals surface area (Å²) >= 11 is 0. The molecule has 1 unspecified atom stereocenters. The molecule has 4 nitrogen and oxygen atoms in total. The van der Waals surface area contributed by atoms with Crippen molar-refractivity contribution in [2.24, 2.45) is 5.73 Å². The molecule has 21 heavy (non-hydrogen) atoms. The molecule has 1 aliphatic heterocycles. The Morgan fingerprint density at radius 1 is 1.29 bits per heavy atom. The molecule has 2 aromatic rings. The third-order valence-corrected chi connectivity index (χ3v) is 3.86. The minimum atomic E-state index is -0.243. The van der Waals surface area contributed by atoms with E-state index in [0.717, 1.165) is 22.6 Å². The van der Waals surface area contributed by atoms with Crippen molar-refractivity contribution in [3.8, 4) is 5.75 Å². The number of para-hydroxylation sites is 1. The van der Waals surface area contributed by atoms with Crippen molar-refractivity contribution in [1.82, 2.24) is 0 Å². The monoisotopic (exact) mass is 282 g/mol. The van der Waals surface area contributed by atoms with Crippen molar-refractivity contribution in [2.75, 3.05) is 18.6 Å². The molecule has 1 aliphatic rings. The Hall–Kier alpha value is -2.33. The molecule has 0 spiro atoms. The fourth-order valence-corrected chi connectivity index (χ4v) is 2.62. The van der Waals surface area contributed by atoms with Gasteiger partial charge in [-0.3, -0.25) is 4.79 Å². The third kappa shape index (κ3) is 2.50. The molecule has 108 valence electrons. The van der Waals surface area contributed by atoms with Crippen LogP contribution in [0, 0.1) is 0 Å². The summed E-state index contributed by atoms with van der Waals surface area (Å²) < 4.78 is 5.60. The lowest BCUT2D eigenvalue weighted by Crippen LogP contribution is -2.32. The van der Waals surface area contributed by atoms with Crippen molar-refractivity contribution >= 4 is 11.6 Å². The highest BCUT2D eigenvalue weighted by Crippen LogP contribution is 2.35. The second-order valence-electron chi connectivity index (χ2n) is 5.17. The summed E-state index contributed by atoms with van der Waals surface area (Å²) in [6.45, 7) is 0.865. The van der Waals surface area contributed by atoms with Gasteiger partial charge in [-0.05, 0) is 23.8 Å². The van der Waals surface area contributed by atoms with Crippen LogP contribution in [0.1, 0.15) is 17.0 Å². The van der Waals surface area contributed by atoms with Crippen molar-refractivity contribution in [2.45, 2.75) is 12.5 Å². The van der Waals surface area contributed by atoms with Crippen LogP contribution in [-0.4, -0.2) is 19.6 Å². The zero-order chi connectivity index (χ0) is 14.8. The zero-order valence-electron chi connectivity index (χ0n) is 12.0. The molecule has 0 aliphatic carbocycles. The van der Waals surface area contributed by atoms with E-state index in [1.165, 1.54) is 0 Å². The van der Waals surface area contributed by atoms with Crippen molar-refractivity contribution in [1.29, 1.82) is 0 Å². The summed E-state index contributed by atoms with van der Waals surface area (Å²) in [4.78, 5) is 14.4. The Kier molecular flexibility index (Phi) is 3.62. The summed E-state index contributed by atoms with van der Waals surface area (Å²) in [6.07, 6.45) is 0. The van der Waals surface area contributed by atoms with E-state index in [2.05, 4.69) is 0 Å². The summed E-state index contributed by atoms with van der Waals surface area (Å²) in [6, 6.07) is 15.4. The normalized spacial score (nSPS) is 16.2. The predicted molar refractivity (Wildman–Crippen MR) is 82.4 cm³/mol. The van der Waals surface area contributed by atoms with Gasteiger partial charge in [-0.25, -0.2) is 0 Å². The standard InChI is InChI=1S/C17H18N2O2/c1-19(13-6-4-5-12(9-13)10-18)17(20)15-11-21-16-8-3-2-7-14(15)16/h2-9,15H,10-11,18H2,1H3. The van der Waals surface area contributed by atoms with Gasteiger partial charge in [-0.2, -0.15) is 0 Å². The van der Waals surface area contributed by atoms with Gasteiger partial charge in [0, 0.05) is 24.8 Å². The van der Waals surface area contributed by atoms with Gasteiger partial charge < -0.3 is 15.4 Å². The van der Waals surface area contributed by atoms with Gasteiger partial charge in [0.05, 0.1) is 0 Å². The van der Waals surface area contributed by atoms with E-state index in [1.807, 2.05) is 48.5 Å². The number of rotatable bonds is 3. The molecule has 1 atom stereocenters. The largest absolute Gasteiger partial charge is 0.492 e. The van der Waals surface area contributed by atoms with E-state index < -0.39 is 0 Å². The average Bonchev–Trinajstić information content (AvgIpc) is 2.97. The fraction of sp³-hybridized carbons (Fsp3) is 0.235. The van der Waals surface area contributed by atoms with Crippen LogP contribution >= 0.6 is 0 Å². The number of fused-ring (bicyclic) bond motifs is 1. The maximum Gasteiger partial charge on any atom is 0.237 e. The van der Waals surface area contributed by atoms with Gasteiger partial charge in [0.25, 0.3) is 0 Å². The predicted octanol–water partition coefficient (Wildman–Crippen LogP) is 2.28. The second-order valence-corrected chi connectivity index (χ2v) is 5.17. The topological polar surface area (TPSA) is 55.6 Å². The first kappa shape index (κ1) is 13.6. The minimum absolute atomic E-state index is 0.0362. The molecule has 3 rings (SSSR count). The van der Waals surface area contributed by atoms with Crippen molar-refractivity contribution in [3.63, 3.8) is 0 Å². The van der Waals surface area contributed by atoms with Crippen molar-refractivity contribution < 1.29 is 9.53 Å². The molecular weight excluding hydrogens is 264 g/mol. The van der Waals surface area contributed by atoms with E-state index in [1.54, 1.807) is 11.9 Å². The van der Waals surface area contributed by atoms with Crippen LogP contribution in [0.3, 0.4) is 0 Å². The first-order valence-electron chi connectivity index (χ1n) is 6.99. The molecule has 0 radical (unpaired) electrons. The van der Waals surface area contributed by atoms with Gasteiger partial charge >= 0.3 is 0 Å². The molecule has 2 N–H and O–H groups in total. The SMILES string of the molecule is CN(C(=O)C1COc2ccccc21)c1cccc(CN)c1. The van der Waals surface area contributed by atoms with Crippen LogP contribution in [0.25, 0.3) is 0 Å². The summed E-state index contributed by atoms with van der Waals surface area (Å²) in [5.74, 6) is 0.599. The van der Waals surface area contributed by atoms with E-state index in [0.29, 0.717) is 13.2 Å². The molecule has 1 amide bonds. The van der Waals surface area contributed by atoms with Crippen LogP contribution in [0.4, 0.5) is 5.69 Å². The van der Waals surface area contributed by atoms with Gasteiger partial charge in [-0.1, -0.05) is 30.3 Å². The van der Waals surface area contributed by atoms with Crippen molar-refractivity contribution in [3.05, 3.63) is 59.7 Å². The van der Waals surface area contributed by atoms with Crippen LogP contribution < -0.4 is 15.4 Å². The van der Waals surface area contributed by atoms with Crippen LogP contribution in [0.2, 0.25) is 0 Å². The maximum atomic E-state index is 12.7. The first-order chi connectivity index (χ1) is 10.2. The molecule has 0 fully saturated rings. The number of benzene rings is 2. The lowest BCUT2D eigenvalue weighted by atomic mass is 9.99. The Morgan fingerprint density at radius 3 is 2.90 bits per heavy atom. The number of carbonyl (C=O) groups is 1. The van der Waals surface area contributed by atoms with Gasteiger partial charge in [0.15, 0.2) is 0 Å². The molecular formula is C17H18N2O2. The Labute approximate surface area is 124 Å². The van der Waals surface area contributed by atoms with E-state index in [-0.39, 0.29) is 11.8 Å². The zero-order valence-corrected chi connectivity index (χ0v) is 12.0. The number of carbonyl (C=O) groups excluding carboxylic acids is 1. The molecule has 0 saturated heterocycles. The lowest BCUT2D eigenvalue weighted by Gasteiger charge is -2.21. The fourth-order valence-electron chi connectivity index (χ4n) is 2.62. The average molecular weight is 282 g/mol. The number of amides is 1. The van der Waals surface area contributed by atoms with Crippen LogP contribution in [-0.2, 0) is 11.3 Å². The quantitative estimate of drug-likeness (QED) is 0.939. The lowest BCUT2D eigenvalue weighted by molar-refractivity contribution is -0.119. The number of anilines is 1. The summed E-state index contributed by atoms with van der Waals surface area (Å²) in [7, 11) is 1.79. The molecule has 4 heteroatoms. The van der Waals surface area contributed by atoms with E-state index in [4.69, 9.17) is 10.5 Å². The smallest absolute Gasteiger partial charge is 0.237 e. The first-order valence-corrected chi connectivity index (χ1v) is 6.99. The number of hydrogen-bond acceptors (Lipinski definition) is 3. The molecule has 0 bridgehead atoms. The van der Waals surface area contributed by atoms with Gasteiger partial charge in [-0.15, -0.1) is 0 Å². The molecule has 0 saturated carbocycles. The van der Waals surface area contributed by atoms with Gasteiger partial charge in [0.1, 0.15) is 18.3 Å². The molecule has 2 aromatic carbocycles. The maximum absolute atomic E-state index is 12.7. The molecule has 0 aromatic heterocycles. The molecule has 1 heterocycles. The van der Waals surface area contributed by atoms with E-state index >= 15 is 0 Å². The van der Waals surface area contributed by atoms with E-state index in [9.17, 15) is 4.79 Å². The van der Waals surface area contributed by atoms with Crippen LogP contribution in [0.5, 0.6) is 5.75 Å². The van der Waals surface area contributed by atoms with Gasteiger partial charge in [0.2, 0.25) is 5.91 Å². The van der Waals surface area contributed by atoms with Crippen LogP contribution in [0.15, 0.2) is 48.5 Å². The number of nitrogens with two attached hydrogens (primary N) is 1. The Bertz CT molecular complexity index is 669. The minimum Gasteiger partial charge on any atom is -0.492 e. The summed E-state index contributed by atoms with van der Waals surface area (Å²) in [5, 5.41) is 0. The second kappa shape index (κ2) is 5.58. The Balaban J connectivity index is 1.85. The number of ether oxygens (including phenoxy) is 1. The number of likely N-dealkylation sites (N-methyl/N-ethyl adjacent to an activating group) is 1. The number of nitrogens with zero attached hydrogens (tertiary/aromatic N) is 1. The highest BCUT2D eigenvalue weighted by molar-refractivity contribution is 5.98. The highest BCUT2D eigenvalue weighted by atomic mass is 16.5. The Morgan fingerprint density at radius 2 is 2.10 bits per heavy atom. The highest BCUT2D eigenvalue weighted by Gasteiger charge is 2.32.